The lowest BCUT2D eigenvalue weighted by Gasteiger charge is -2.19. The molecule has 0 unspecified atom stereocenters. The van der Waals surface area contributed by atoms with Crippen molar-refractivity contribution in [2.45, 2.75) is 18.2 Å². The van der Waals surface area contributed by atoms with Gasteiger partial charge in [0.2, 0.25) is 0 Å². The van der Waals surface area contributed by atoms with Crippen molar-refractivity contribution in [3.63, 3.8) is 0 Å². The van der Waals surface area contributed by atoms with Gasteiger partial charge in [-0.2, -0.15) is 0 Å². The van der Waals surface area contributed by atoms with Crippen molar-refractivity contribution in [3.8, 4) is 0 Å². The highest BCUT2D eigenvalue weighted by Gasteiger charge is 2.39. The minimum Gasteiger partial charge on any atom is -0.334 e. The highest BCUT2D eigenvalue weighted by Crippen LogP contribution is 2.51. The van der Waals surface area contributed by atoms with Crippen molar-refractivity contribution in [3.05, 3.63) is 99.4 Å². The van der Waals surface area contributed by atoms with Gasteiger partial charge in [-0.15, -0.1) is 0 Å². The van der Waals surface area contributed by atoms with E-state index in [2.05, 4.69) is 24.0 Å². The van der Waals surface area contributed by atoms with Crippen molar-refractivity contribution < 1.29 is 4.79 Å². The molecule has 0 bridgehead atoms. The van der Waals surface area contributed by atoms with E-state index in [1.165, 1.54) is 17.3 Å². The van der Waals surface area contributed by atoms with Crippen molar-refractivity contribution >= 4 is 57.6 Å². The average molecular weight is 492 g/mol. The molecule has 0 spiro atoms. The maximum Gasteiger partial charge on any atom is 0.269 e. The molecule has 2 aliphatic heterocycles. The van der Waals surface area contributed by atoms with Gasteiger partial charge in [0.15, 0.2) is 5.17 Å². The minimum atomic E-state index is 0.00506. The Balaban J connectivity index is 1.51. The topological polar surface area (TPSA) is 35.9 Å². The van der Waals surface area contributed by atoms with E-state index < -0.39 is 0 Å². The molecule has 1 fully saturated rings. The number of amidine groups is 1. The predicted molar refractivity (Wildman–Crippen MR) is 140 cm³/mol. The molecule has 0 aliphatic carbocycles. The van der Waals surface area contributed by atoms with Gasteiger partial charge in [-0.05, 0) is 61.0 Å². The molecule has 0 radical (unpaired) electrons. The number of halogens is 1. The second-order valence-electron chi connectivity index (χ2n) is 7.62. The minimum absolute atomic E-state index is 0.00506. The second kappa shape index (κ2) is 9.67. The van der Waals surface area contributed by atoms with Crippen LogP contribution in [0.25, 0.3) is 0 Å². The molecule has 0 saturated carbocycles. The summed E-state index contributed by atoms with van der Waals surface area (Å²) >= 11 is 9.35. The fraction of sp³-hybridized carbons (Fsp3) is 0.154. The lowest BCUT2D eigenvalue weighted by atomic mass is 10.1. The van der Waals surface area contributed by atoms with Crippen molar-refractivity contribution in [1.82, 2.24) is 4.90 Å². The number of anilines is 1. The van der Waals surface area contributed by atoms with Crippen LogP contribution in [0.15, 0.2) is 98.7 Å². The number of thioether (sulfide) groups is 2. The number of hydrogen-bond acceptors (Lipinski definition) is 5. The Kier molecular flexibility index (Phi) is 6.49. The van der Waals surface area contributed by atoms with Crippen LogP contribution >= 0.6 is 35.1 Å². The Morgan fingerprint density at radius 3 is 2.36 bits per heavy atom. The van der Waals surface area contributed by atoms with Crippen LogP contribution in [0.5, 0.6) is 0 Å². The van der Waals surface area contributed by atoms with Gasteiger partial charge in [-0.1, -0.05) is 71.9 Å². The molecule has 5 rings (SSSR count). The third-order valence-electron chi connectivity index (χ3n) is 5.49. The number of carbonyl (C=O) groups is 1. The number of amides is 1. The first-order chi connectivity index (χ1) is 16.1. The van der Waals surface area contributed by atoms with Crippen LogP contribution in [0.1, 0.15) is 12.5 Å². The Morgan fingerprint density at radius 1 is 0.909 bits per heavy atom. The molecule has 3 aromatic rings. The van der Waals surface area contributed by atoms with Gasteiger partial charge in [0.1, 0.15) is 9.93 Å². The fourth-order valence-corrected chi connectivity index (χ4v) is 6.42. The third kappa shape index (κ3) is 4.56. The van der Waals surface area contributed by atoms with E-state index in [0.717, 1.165) is 44.3 Å². The van der Waals surface area contributed by atoms with Crippen LogP contribution in [-0.4, -0.2) is 29.1 Å². The van der Waals surface area contributed by atoms with E-state index in [0.29, 0.717) is 11.6 Å². The summed E-state index contributed by atoms with van der Waals surface area (Å²) in [5, 5.41) is 2.36. The Labute approximate surface area is 207 Å². The van der Waals surface area contributed by atoms with Crippen LogP contribution in [-0.2, 0) is 11.2 Å². The molecular weight excluding hydrogens is 470 g/mol. The van der Waals surface area contributed by atoms with E-state index >= 15 is 0 Å². The molecule has 1 saturated heterocycles. The number of hydrogen-bond donors (Lipinski definition) is 0. The normalized spacial score (nSPS) is 19.0. The van der Waals surface area contributed by atoms with E-state index in [1.807, 2.05) is 71.6 Å². The van der Waals surface area contributed by atoms with Gasteiger partial charge in [0, 0.05) is 23.0 Å². The quantitative estimate of drug-likeness (QED) is 0.362. The SMILES string of the molecule is CCN1/C(=C2/SC(=Nc3ccccc3)N(CCc3ccccc3)C2=O)Sc2ccc(Cl)cc21. The van der Waals surface area contributed by atoms with Gasteiger partial charge in [-0.25, -0.2) is 4.99 Å². The lowest BCUT2D eigenvalue weighted by molar-refractivity contribution is -0.122. The van der Waals surface area contributed by atoms with Gasteiger partial charge in [0.25, 0.3) is 5.91 Å². The second-order valence-corrected chi connectivity index (χ2v) is 10.1. The monoisotopic (exact) mass is 491 g/mol. The van der Waals surface area contributed by atoms with Crippen LogP contribution in [0, 0.1) is 0 Å². The predicted octanol–water partition coefficient (Wildman–Crippen LogP) is 6.95. The molecule has 33 heavy (non-hydrogen) atoms. The zero-order valence-electron chi connectivity index (χ0n) is 18.1. The maximum atomic E-state index is 13.7. The third-order valence-corrected chi connectivity index (χ3v) is 8.10. The number of aliphatic imine (C=N–C) groups is 1. The van der Waals surface area contributed by atoms with E-state index in [4.69, 9.17) is 16.6 Å². The number of benzene rings is 3. The first-order valence-electron chi connectivity index (χ1n) is 10.8. The van der Waals surface area contributed by atoms with Gasteiger partial charge >= 0.3 is 0 Å². The summed E-state index contributed by atoms with van der Waals surface area (Å²) < 4.78 is 0. The lowest BCUT2D eigenvalue weighted by Crippen LogP contribution is -2.32. The Bertz CT molecular complexity index is 1240. The number of para-hydroxylation sites is 1. The summed E-state index contributed by atoms with van der Waals surface area (Å²) in [5.41, 5.74) is 3.09. The fourth-order valence-electron chi connectivity index (χ4n) is 3.85. The molecule has 0 atom stereocenters. The van der Waals surface area contributed by atoms with Crippen molar-refractivity contribution in [2.24, 2.45) is 4.99 Å². The molecule has 166 valence electrons. The van der Waals surface area contributed by atoms with Gasteiger partial charge < -0.3 is 4.90 Å². The summed E-state index contributed by atoms with van der Waals surface area (Å²) in [4.78, 5) is 24.4. The summed E-state index contributed by atoms with van der Waals surface area (Å²) in [6.45, 7) is 3.42. The first-order valence-corrected chi connectivity index (χ1v) is 12.8. The Morgan fingerprint density at radius 2 is 1.64 bits per heavy atom. The zero-order chi connectivity index (χ0) is 22.8. The summed E-state index contributed by atoms with van der Waals surface area (Å²) in [6, 6.07) is 25.9. The largest absolute Gasteiger partial charge is 0.334 e. The number of nitrogens with zero attached hydrogens (tertiary/aromatic N) is 3. The van der Waals surface area contributed by atoms with Crippen molar-refractivity contribution in [1.29, 1.82) is 0 Å². The smallest absolute Gasteiger partial charge is 0.269 e. The first kappa shape index (κ1) is 22.1. The van der Waals surface area contributed by atoms with Gasteiger partial charge in [-0.3, -0.25) is 9.69 Å². The van der Waals surface area contributed by atoms with E-state index in [-0.39, 0.29) is 5.91 Å². The van der Waals surface area contributed by atoms with Crippen LogP contribution in [0.4, 0.5) is 11.4 Å². The van der Waals surface area contributed by atoms with E-state index in [1.54, 1.807) is 11.8 Å². The summed E-state index contributed by atoms with van der Waals surface area (Å²) in [5.74, 6) is 0.00506. The van der Waals surface area contributed by atoms with Gasteiger partial charge in [0.05, 0.1) is 11.4 Å². The number of fused-ring (bicyclic) bond motifs is 1. The molecule has 2 heterocycles. The van der Waals surface area contributed by atoms with Crippen LogP contribution in [0.2, 0.25) is 5.02 Å². The summed E-state index contributed by atoms with van der Waals surface area (Å²) in [6.07, 6.45) is 0.768. The molecule has 0 N–H and O–H groups in total. The standard InChI is InChI=1S/C26H22ClN3OS2/c1-2-29-21-17-19(27)13-14-22(21)32-25(29)23-24(31)30(16-15-18-9-5-3-6-10-18)26(33-23)28-20-11-7-4-8-12-20/h3-14,17H,2,15-16H2,1H3/b25-23-,28-26?. The Hall–Kier alpha value is -2.67. The molecule has 4 nitrogen and oxygen atoms in total. The molecular formula is C26H22ClN3OS2. The summed E-state index contributed by atoms with van der Waals surface area (Å²) in [7, 11) is 0. The molecule has 2 aliphatic rings. The maximum absolute atomic E-state index is 13.7. The van der Waals surface area contributed by atoms with Crippen LogP contribution in [0.3, 0.4) is 0 Å². The van der Waals surface area contributed by atoms with Crippen molar-refractivity contribution in [2.75, 3.05) is 18.0 Å². The zero-order valence-corrected chi connectivity index (χ0v) is 20.5. The molecule has 3 aromatic carbocycles. The highest BCUT2D eigenvalue weighted by molar-refractivity contribution is 8.19. The van der Waals surface area contributed by atoms with E-state index in [9.17, 15) is 4.79 Å². The molecule has 0 aromatic heterocycles. The number of carbonyl (C=O) groups excluding carboxylic acids is 1. The molecule has 7 heteroatoms. The number of rotatable bonds is 5. The average Bonchev–Trinajstić information content (AvgIpc) is 3.35. The van der Waals surface area contributed by atoms with Crippen LogP contribution < -0.4 is 4.90 Å². The molecule has 1 amide bonds. The highest BCUT2D eigenvalue weighted by atomic mass is 35.5.